The van der Waals surface area contributed by atoms with E-state index >= 15 is 0 Å². The third kappa shape index (κ3) is 4.18. The normalized spacial score (nSPS) is 18.1. The number of hydrogen-bond donors (Lipinski definition) is 1. The molecular formula is C12H20ClN5O. The quantitative estimate of drug-likeness (QED) is 0.890. The van der Waals surface area contributed by atoms with Crippen LogP contribution in [0.15, 0.2) is 0 Å². The van der Waals surface area contributed by atoms with Crippen molar-refractivity contribution in [2.45, 2.75) is 32.2 Å². The SMILES string of the molecule is COc1nc(Cl)nc(NCC(C)N2CCCCC2)n1. The molecule has 1 aromatic rings. The molecule has 0 amide bonds. The zero-order valence-corrected chi connectivity index (χ0v) is 12.2. The van der Waals surface area contributed by atoms with Crippen molar-refractivity contribution in [1.82, 2.24) is 19.9 Å². The number of methoxy groups -OCH3 is 1. The van der Waals surface area contributed by atoms with Gasteiger partial charge in [-0.05, 0) is 44.5 Å². The van der Waals surface area contributed by atoms with Crippen LogP contribution in [0.3, 0.4) is 0 Å². The average molecular weight is 286 g/mol. The summed E-state index contributed by atoms with van der Waals surface area (Å²) < 4.78 is 4.96. The Hall–Kier alpha value is -1.14. The van der Waals surface area contributed by atoms with E-state index in [2.05, 4.69) is 32.1 Å². The van der Waals surface area contributed by atoms with Crippen LogP contribution in [0.4, 0.5) is 5.95 Å². The fraction of sp³-hybridized carbons (Fsp3) is 0.750. The first-order valence-corrected chi connectivity index (χ1v) is 7.00. The molecule has 0 spiro atoms. The lowest BCUT2D eigenvalue weighted by Gasteiger charge is -2.32. The summed E-state index contributed by atoms with van der Waals surface area (Å²) in [6.45, 7) is 5.33. The molecule has 1 aromatic heterocycles. The van der Waals surface area contributed by atoms with Gasteiger partial charge < -0.3 is 10.1 Å². The van der Waals surface area contributed by atoms with Crippen LogP contribution in [0.1, 0.15) is 26.2 Å². The van der Waals surface area contributed by atoms with Crippen molar-refractivity contribution in [2.75, 3.05) is 32.1 Å². The van der Waals surface area contributed by atoms with Crippen molar-refractivity contribution in [3.8, 4) is 6.01 Å². The second kappa shape index (κ2) is 6.86. The van der Waals surface area contributed by atoms with Crippen LogP contribution in [-0.2, 0) is 0 Å². The van der Waals surface area contributed by atoms with Crippen molar-refractivity contribution < 1.29 is 4.74 Å². The molecule has 1 saturated heterocycles. The molecule has 1 fully saturated rings. The molecule has 1 N–H and O–H groups in total. The van der Waals surface area contributed by atoms with E-state index in [1.54, 1.807) is 0 Å². The smallest absolute Gasteiger partial charge is 0.322 e. The molecule has 1 atom stereocenters. The van der Waals surface area contributed by atoms with E-state index < -0.39 is 0 Å². The Morgan fingerprint density at radius 2 is 2.00 bits per heavy atom. The molecule has 2 heterocycles. The van der Waals surface area contributed by atoms with E-state index in [9.17, 15) is 0 Å². The minimum Gasteiger partial charge on any atom is -0.467 e. The fourth-order valence-corrected chi connectivity index (χ4v) is 2.38. The zero-order valence-electron chi connectivity index (χ0n) is 11.4. The summed E-state index contributed by atoms with van der Waals surface area (Å²) in [5, 5.41) is 3.33. The van der Waals surface area contributed by atoms with Crippen LogP contribution in [0, 0.1) is 0 Å². The molecule has 1 aliphatic rings. The van der Waals surface area contributed by atoms with E-state index in [0.29, 0.717) is 12.0 Å². The van der Waals surface area contributed by atoms with E-state index in [0.717, 1.165) is 6.54 Å². The fourth-order valence-electron chi connectivity index (χ4n) is 2.23. The monoisotopic (exact) mass is 285 g/mol. The summed E-state index contributed by atoms with van der Waals surface area (Å²) in [6, 6.07) is 0.676. The van der Waals surface area contributed by atoms with Crippen molar-refractivity contribution in [2.24, 2.45) is 0 Å². The van der Waals surface area contributed by atoms with Gasteiger partial charge in [0.25, 0.3) is 0 Å². The topological polar surface area (TPSA) is 63.2 Å². The average Bonchev–Trinajstić information content (AvgIpc) is 2.45. The van der Waals surface area contributed by atoms with Crippen molar-refractivity contribution in [3.05, 3.63) is 5.28 Å². The van der Waals surface area contributed by atoms with Gasteiger partial charge in [-0.2, -0.15) is 15.0 Å². The highest BCUT2D eigenvalue weighted by Crippen LogP contribution is 2.14. The Labute approximate surface area is 118 Å². The summed E-state index contributed by atoms with van der Waals surface area (Å²) in [5.74, 6) is 0.459. The molecular weight excluding hydrogens is 266 g/mol. The zero-order chi connectivity index (χ0) is 13.7. The molecule has 0 aromatic carbocycles. The van der Waals surface area contributed by atoms with Crippen LogP contribution < -0.4 is 10.1 Å². The number of rotatable bonds is 5. The highest BCUT2D eigenvalue weighted by molar-refractivity contribution is 6.28. The van der Waals surface area contributed by atoms with Crippen LogP contribution in [-0.4, -0.2) is 52.6 Å². The molecule has 0 saturated carbocycles. The van der Waals surface area contributed by atoms with Crippen molar-refractivity contribution >= 4 is 17.5 Å². The Kier molecular flexibility index (Phi) is 5.15. The summed E-state index contributed by atoms with van der Waals surface area (Å²) in [7, 11) is 1.51. The predicted octanol–water partition coefficient (Wildman–Crippen LogP) is 1.82. The highest BCUT2D eigenvalue weighted by atomic mass is 35.5. The van der Waals surface area contributed by atoms with Gasteiger partial charge in [-0.1, -0.05) is 6.42 Å². The van der Waals surface area contributed by atoms with Gasteiger partial charge in [0.15, 0.2) is 0 Å². The van der Waals surface area contributed by atoms with Gasteiger partial charge in [0, 0.05) is 12.6 Å². The summed E-state index contributed by atoms with van der Waals surface area (Å²) >= 11 is 5.80. The minimum atomic E-state index is 0.139. The van der Waals surface area contributed by atoms with Crippen molar-refractivity contribution in [3.63, 3.8) is 0 Å². The maximum absolute atomic E-state index is 5.80. The van der Waals surface area contributed by atoms with Crippen LogP contribution in [0.25, 0.3) is 0 Å². The summed E-state index contributed by atoms with van der Waals surface area (Å²) in [6.07, 6.45) is 3.92. The number of anilines is 1. The third-order valence-corrected chi connectivity index (χ3v) is 3.51. The van der Waals surface area contributed by atoms with Gasteiger partial charge in [0.1, 0.15) is 0 Å². The maximum atomic E-state index is 5.80. The highest BCUT2D eigenvalue weighted by Gasteiger charge is 2.16. The Morgan fingerprint density at radius 1 is 1.26 bits per heavy atom. The van der Waals surface area contributed by atoms with Crippen LogP contribution in [0.2, 0.25) is 5.28 Å². The van der Waals surface area contributed by atoms with E-state index in [-0.39, 0.29) is 11.3 Å². The van der Waals surface area contributed by atoms with Crippen LogP contribution in [0.5, 0.6) is 6.01 Å². The molecule has 1 aliphatic heterocycles. The second-order valence-corrected chi connectivity index (χ2v) is 5.08. The van der Waals surface area contributed by atoms with Gasteiger partial charge in [0.05, 0.1) is 7.11 Å². The van der Waals surface area contributed by atoms with E-state index in [1.807, 2.05) is 0 Å². The van der Waals surface area contributed by atoms with E-state index in [1.165, 1.54) is 39.5 Å². The lowest BCUT2D eigenvalue weighted by Crippen LogP contribution is -2.41. The Bertz CT molecular complexity index is 411. The number of aromatic nitrogens is 3. The first kappa shape index (κ1) is 14.3. The van der Waals surface area contributed by atoms with Crippen LogP contribution >= 0.6 is 11.6 Å². The Balaban J connectivity index is 1.88. The molecule has 2 rings (SSSR count). The standard InChI is InChI=1S/C12H20ClN5O/c1-9(18-6-4-3-5-7-18)8-14-11-15-10(13)16-12(17-11)19-2/h9H,3-8H2,1-2H3,(H,14,15,16,17). The number of nitrogens with one attached hydrogen (secondary N) is 1. The van der Waals surface area contributed by atoms with Gasteiger partial charge in [0.2, 0.25) is 11.2 Å². The first-order valence-electron chi connectivity index (χ1n) is 6.62. The first-order chi connectivity index (χ1) is 9.19. The molecule has 0 aliphatic carbocycles. The number of halogens is 1. The van der Waals surface area contributed by atoms with Crippen molar-refractivity contribution in [1.29, 1.82) is 0 Å². The second-order valence-electron chi connectivity index (χ2n) is 4.74. The maximum Gasteiger partial charge on any atom is 0.322 e. The molecule has 0 radical (unpaired) electrons. The molecule has 19 heavy (non-hydrogen) atoms. The predicted molar refractivity (Wildman–Crippen MR) is 74.8 cm³/mol. The van der Waals surface area contributed by atoms with Gasteiger partial charge in [-0.25, -0.2) is 0 Å². The molecule has 106 valence electrons. The number of nitrogens with zero attached hydrogens (tertiary/aromatic N) is 4. The number of ether oxygens (including phenoxy) is 1. The van der Waals surface area contributed by atoms with Gasteiger partial charge >= 0.3 is 6.01 Å². The summed E-state index contributed by atoms with van der Waals surface area (Å²) in [4.78, 5) is 14.5. The molecule has 1 unspecified atom stereocenters. The Morgan fingerprint density at radius 3 is 2.68 bits per heavy atom. The summed E-state index contributed by atoms with van der Waals surface area (Å²) in [5.41, 5.74) is 0. The lowest BCUT2D eigenvalue weighted by molar-refractivity contribution is 0.180. The minimum absolute atomic E-state index is 0.139. The molecule has 7 heteroatoms. The van der Waals surface area contributed by atoms with E-state index in [4.69, 9.17) is 16.3 Å². The molecule has 6 nitrogen and oxygen atoms in total. The number of piperidine rings is 1. The lowest BCUT2D eigenvalue weighted by atomic mass is 10.1. The van der Waals surface area contributed by atoms with Gasteiger partial charge in [-0.15, -0.1) is 0 Å². The molecule has 0 bridgehead atoms. The number of likely N-dealkylation sites (tertiary alicyclic amines) is 1. The third-order valence-electron chi connectivity index (χ3n) is 3.34. The van der Waals surface area contributed by atoms with Gasteiger partial charge in [-0.3, -0.25) is 4.90 Å². The largest absolute Gasteiger partial charge is 0.467 e. The number of hydrogen-bond acceptors (Lipinski definition) is 6.